The molecule has 2 aromatic carbocycles. The van der Waals surface area contributed by atoms with Crippen LogP contribution in [0.3, 0.4) is 0 Å². The Labute approximate surface area is 195 Å². The van der Waals surface area contributed by atoms with E-state index < -0.39 is 6.04 Å². The van der Waals surface area contributed by atoms with Crippen LogP contribution in [0.5, 0.6) is 0 Å². The molecule has 2 amide bonds. The van der Waals surface area contributed by atoms with E-state index in [4.69, 9.17) is 0 Å². The maximum absolute atomic E-state index is 13.7. The number of hydrogen-bond donors (Lipinski definition) is 2. The summed E-state index contributed by atoms with van der Waals surface area (Å²) in [5, 5.41) is 4.37. The van der Waals surface area contributed by atoms with E-state index in [0.29, 0.717) is 6.42 Å². The lowest BCUT2D eigenvalue weighted by Gasteiger charge is -2.33. The lowest BCUT2D eigenvalue weighted by atomic mass is 9.94. The van der Waals surface area contributed by atoms with Gasteiger partial charge in [-0.1, -0.05) is 67.3 Å². The maximum atomic E-state index is 13.7. The molecular formula is C28H33N3O2. The summed E-state index contributed by atoms with van der Waals surface area (Å²) in [7, 11) is 0. The van der Waals surface area contributed by atoms with E-state index in [1.807, 2.05) is 66.6 Å². The topological polar surface area (TPSA) is 65.2 Å². The summed E-state index contributed by atoms with van der Waals surface area (Å²) in [6, 6.07) is 15.9. The molecule has 2 saturated carbocycles. The predicted molar refractivity (Wildman–Crippen MR) is 131 cm³/mol. The van der Waals surface area contributed by atoms with Gasteiger partial charge in [-0.2, -0.15) is 0 Å². The van der Waals surface area contributed by atoms with Gasteiger partial charge in [0.15, 0.2) is 0 Å². The van der Waals surface area contributed by atoms with Gasteiger partial charge in [-0.25, -0.2) is 0 Å². The van der Waals surface area contributed by atoms with E-state index in [1.165, 1.54) is 6.42 Å². The fourth-order valence-corrected chi connectivity index (χ4v) is 5.16. The van der Waals surface area contributed by atoms with Crippen LogP contribution in [0.15, 0.2) is 54.7 Å². The number of H-pyrrole nitrogens is 1. The zero-order chi connectivity index (χ0) is 22.8. The van der Waals surface area contributed by atoms with Crippen LogP contribution in [0.2, 0.25) is 0 Å². The lowest BCUT2D eigenvalue weighted by molar-refractivity contribution is -0.141. The van der Waals surface area contributed by atoms with Gasteiger partial charge in [0.2, 0.25) is 11.8 Å². The van der Waals surface area contributed by atoms with Gasteiger partial charge >= 0.3 is 0 Å². The second-order valence-electron chi connectivity index (χ2n) is 9.73. The minimum absolute atomic E-state index is 0.0200. The minimum Gasteiger partial charge on any atom is -0.361 e. The number of rotatable bonds is 7. The number of carbonyl (C=O) groups excluding carboxylic acids is 2. The third kappa shape index (κ3) is 4.82. The molecule has 2 fully saturated rings. The first-order valence-electron chi connectivity index (χ1n) is 12.3. The van der Waals surface area contributed by atoms with Crippen molar-refractivity contribution in [3.63, 3.8) is 0 Å². The molecule has 2 aliphatic carbocycles. The van der Waals surface area contributed by atoms with Crippen LogP contribution in [-0.2, 0) is 16.0 Å². The molecule has 5 heteroatoms. The molecule has 5 nitrogen and oxygen atoms in total. The van der Waals surface area contributed by atoms with Crippen LogP contribution in [-0.4, -0.2) is 33.8 Å². The molecule has 0 unspecified atom stereocenters. The predicted octanol–water partition coefficient (Wildman–Crippen LogP) is 5.20. The molecule has 1 atom stereocenters. The maximum Gasteiger partial charge on any atom is 0.247 e. The standard InChI is InChI=1S/C28H33N3O2/c1-19-11-13-20(14-12-19)27(28(33)30-22-7-3-2-4-8-22)31(23-15-16-23)26(32)17-21-18-29-25-10-6-5-9-24(21)25/h5-6,9-14,18,22-23,27,29H,2-4,7-8,15-17H2,1H3,(H,30,33)/t27-/m0/s1. The third-order valence-corrected chi connectivity index (χ3v) is 7.12. The van der Waals surface area contributed by atoms with Crippen molar-refractivity contribution < 1.29 is 9.59 Å². The van der Waals surface area contributed by atoms with Crippen molar-refractivity contribution >= 4 is 22.7 Å². The Hall–Kier alpha value is -3.08. The fourth-order valence-electron chi connectivity index (χ4n) is 5.16. The van der Waals surface area contributed by atoms with E-state index in [2.05, 4.69) is 10.3 Å². The molecular weight excluding hydrogens is 410 g/mol. The van der Waals surface area contributed by atoms with Crippen molar-refractivity contribution in [1.82, 2.24) is 15.2 Å². The van der Waals surface area contributed by atoms with Gasteiger partial charge in [0.1, 0.15) is 6.04 Å². The van der Waals surface area contributed by atoms with Gasteiger partial charge < -0.3 is 15.2 Å². The monoisotopic (exact) mass is 443 g/mol. The number of nitrogens with zero attached hydrogens (tertiary/aromatic N) is 1. The SMILES string of the molecule is Cc1ccc([C@@H](C(=O)NC2CCCCC2)N(C(=O)Cc2c[nH]c3ccccc23)C2CC2)cc1. The van der Waals surface area contributed by atoms with E-state index in [0.717, 1.165) is 66.1 Å². The summed E-state index contributed by atoms with van der Waals surface area (Å²) in [5.74, 6) is -0.0171. The van der Waals surface area contributed by atoms with Gasteiger partial charge in [-0.05, 0) is 49.8 Å². The molecule has 5 rings (SSSR count). The van der Waals surface area contributed by atoms with Crippen LogP contribution >= 0.6 is 0 Å². The van der Waals surface area contributed by atoms with E-state index in [1.54, 1.807) is 0 Å². The summed E-state index contributed by atoms with van der Waals surface area (Å²) < 4.78 is 0. The van der Waals surface area contributed by atoms with Crippen molar-refractivity contribution in [2.75, 3.05) is 0 Å². The molecule has 2 N–H and O–H groups in total. The molecule has 33 heavy (non-hydrogen) atoms. The number of benzene rings is 2. The number of nitrogens with one attached hydrogen (secondary N) is 2. The first kappa shape index (κ1) is 21.7. The van der Waals surface area contributed by atoms with E-state index >= 15 is 0 Å². The van der Waals surface area contributed by atoms with Crippen molar-refractivity contribution in [2.45, 2.75) is 76.4 Å². The normalized spacial score (nSPS) is 17.6. The zero-order valence-corrected chi connectivity index (χ0v) is 19.3. The van der Waals surface area contributed by atoms with Crippen LogP contribution < -0.4 is 5.32 Å². The lowest BCUT2D eigenvalue weighted by Crippen LogP contribution is -2.48. The molecule has 0 spiro atoms. The second-order valence-corrected chi connectivity index (χ2v) is 9.73. The van der Waals surface area contributed by atoms with Gasteiger partial charge in [-0.15, -0.1) is 0 Å². The summed E-state index contributed by atoms with van der Waals surface area (Å²) in [6.45, 7) is 2.04. The molecule has 1 aromatic heterocycles. The van der Waals surface area contributed by atoms with Crippen molar-refractivity contribution in [3.8, 4) is 0 Å². The Balaban J connectivity index is 1.44. The molecule has 0 aliphatic heterocycles. The van der Waals surface area contributed by atoms with Gasteiger partial charge in [0, 0.05) is 29.2 Å². The Morgan fingerprint density at radius 1 is 1.00 bits per heavy atom. The first-order valence-corrected chi connectivity index (χ1v) is 12.3. The second kappa shape index (κ2) is 9.42. The minimum atomic E-state index is -0.585. The molecule has 0 bridgehead atoms. The summed E-state index contributed by atoms with van der Waals surface area (Å²) in [4.78, 5) is 32.6. The summed E-state index contributed by atoms with van der Waals surface area (Å²) in [6.07, 6.45) is 9.74. The Kier molecular flexibility index (Phi) is 6.21. The summed E-state index contributed by atoms with van der Waals surface area (Å²) in [5.41, 5.74) is 4.06. The average molecular weight is 444 g/mol. The molecule has 3 aromatic rings. The number of para-hydroxylation sites is 1. The highest BCUT2D eigenvalue weighted by molar-refractivity contribution is 5.93. The molecule has 2 aliphatic rings. The molecule has 0 radical (unpaired) electrons. The van der Waals surface area contributed by atoms with Gasteiger partial charge in [0.25, 0.3) is 0 Å². The quantitative estimate of drug-likeness (QED) is 0.527. The van der Waals surface area contributed by atoms with Gasteiger partial charge in [0.05, 0.1) is 6.42 Å². The van der Waals surface area contributed by atoms with Crippen LogP contribution in [0, 0.1) is 6.92 Å². The van der Waals surface area contributed by atoms with Crippen LogP contribution in [0.25, 0.3) is 10.9 Å². The number of hydrogen-bond acceptors (Lipinski definition) is 2. The van der Waals surface area contributed by atoms with E-state index in [-0.39, 0.29) is 23.9 Å². The average Bonchev–Trinajstić information content (AvgIpc) is 3.59. The highest BCUT2D eigenvalue weighted by Crippen LogP contribution is 2.36. The van der Waals surface area contributed by atoms with Crippen molar-refractivity contribution in [3.05, 3.63) is 71.4 Å². The highest BCUT2D eigenvalue weighted by Gasteiger charge is 2.41. The number of carbonyl (C=O) groups is 2. The van der Waals surface area contributed by atoms with Crippen LogP contribution in [0.4, 0.5) is 0 Å². The zero-order valence-electron chi connectivity index (χ0n) is 19.3. The number of amides is 2. The number of aromatic nitrogens is 1. The largest absolute Gasteiger partial charge is 0.361 e. The Bertz CT molecular complexity index is 1120. The van der Waals surface area contributed by atoms with Crippen molar-refractivity contribution in [2.24, 2.45) is 0 Å². The van der Waals surface area contributed by atoms with E-state index in [9.17, 15) is 9.59 Å². The number of fused-ring (bicyclic) bond motifs is 1. The highest BCUT2D eigenvalue weighted by atomic mass is 16.2. The summed E-state index contributed by atoms with van der Waals surface area (Å²) >= 11 is 0. The molecule has 172 valence electrons. The van der Waals surface area contributed by atoms with Crippen LogP contribution in [0.1, 0.15) is 67.7 Å². The number of aryl methyl sites for hydroxylation is 1. The Morgan fingerprint density at radius 3 is 2.45 bits per heavy atom. The Morgan fingerprint density at radius 2 is 1.73 bits per heavy atom. The van der Waals surface area contributed by atoms with Crippen molar-refractivity contribution in [1.29, 1.82) is 0 Å². The first-order chi connectivity index (χ1) is 16.1. The van der Waals surface area contributed by atoms with Gasteiger partial charge in [-0.3, -0.25) is 9.59 Å². The fraction of sp³-hybridized carbons (Fsp3) is 0.429. The molecule has 0 saturated heterocycles. The smallest absolute Gasteiger partial charge is 0.247 e. The molecule has 1 heterocycles. The number of aromatic amines is 1. The third-order valence-electron chi connectivity index (χ3n) is 7.12.